The Morgan fingerprint density at radius 3 is 2.61 bits per heavy atom. The second-order valence-corrected chi connectivity index (χ2v) is 9.11. The van der Waals surface area contributed by atoms with Gasteiger partial charge in [0.25, 0.3) is 11.8 Å². The highest BCUT2D eigenvalue weighted by molar-refractivity contribution is 7.98. The van der Waals surface area contributed by atoms with Crippen molar-refractivity contribution in [1.29, 1.82) is 0 Å². The molecule has 33 heavy (non-hydrogen) atoms. The largest absolute Gasteiger partial charge is 0.472 e. The number of piperidine rings is 1. The number of nitrogens with zero attached hydrogens (tertiary/aromatic N) is 3. The van der Waals surface area contributed by atoms with Crippen molar-refractivity contribution in [2.75, 3.05) is 13.1 Å². The number of fused-ring (bicyclic) bond motifs is 1. The van der Waals surface area contributed by atoms with Gasteiger partial charge in [0.05, 0.1) is 17.5 Å². The zero-order valence-electron chi connectivity index (χ0n) is 18.0. The lowest BCUT2D eigenvalue weighted by Gasteiger charge is -2.32. The molecule has 0 spiro atoms. The van der Waals surface area contributed by atoms with Crippen LogP contribution in [0.5, 0.6) is 0 Å². The minimum absolute atomic E-state index is 0.0229. The number of likely N-dealkylation sites (tertiary alicyclic amines) is 1. The van der Waals surface area contributed by atoms with Gasteiger partial charge in [0.1, 0.15) is 11.9 Å². The van der Waals surface area contributed by atoms with Crippen LogP contribution in [-0.4, -0.2) is 45.2 Å². The van der Waals surface area contributed by atoms with Gasteiger partial charge in [-0.2, -0.15) is 0 Å². The third-order valence-electron chi connectivity index (χ3n) is 5.80. The standard InChI is InChI=1S/C25H24N4O3S/c30-24(27-20-8-12-28(13-9-20)25(31)19-10-14-32-16-19)18-4-6-22(7-5-18)33-17-21-15-29-11-2-1-3-23(29)26-21/h1-7,10-11,14-16,20H,8-9,12-13,17H2,(H,27,30). The summed E-state index contributed by atoms with van der Waals surface area (Å²) in [5, 5.41) is 3.11. The maximum atomic E-state index is 12.7. The van der Waals surface area contributed by atoms with Crippen LogP contribution in [0.25, 0.3) is 5.65 Å². The Hall–Kier alpha value is -3.52. The van der Waals surface area contributed by atoms with E-state index in [1.165, 1.54) is 12.5 Å². The van der Waals surface area contributed by atoms with Crippen LogP contribution < -0.4 is 5.32 Å². The van der Waals surface area contributed by atoms with Gasteiger partial charge in [-0.3, -0.25) is 9.59 Å². The molecule has 8 heteroatoms. The molecule has 0 radical (unpaired) electrons. The Labute approximate surface area is 195 Å². The van der Waals surface area contributed by atoms with Crippen LogP contribution in [0.4, 0.5) is 0 Å². The minimum Gasteiger partial charge on any atom is -0.472 e. The normalized spacial score (nSPS) is 14.5. The molecule has 4 aromatic rings. The van der Waals surface area contributed by atoms with Crippen molar-refractivity contribution < 1.29 is 14.0 Å². The fraction of sp³-hybridized carbons (Fsp3) is 0.240. The number of amides is 2. The molecule has 1 N–H and O–H groups in total. The van der Waals surface area contributed by atoms with Gasteiger partial charge in [-0.1, -0.05) is 6.07 Å². The van der Waals surface area contributed by atoms with Gasteiger partial charge in [-0.05, 0) is 55.3 Å². The quantitative estimate of drug-likeness (QED) is 0.435. The summed E-state index contributed by atoms with van der Waals surface area (Å²) in [5.74, 6) is 0.667. The number of carbonyl (C=O) groups is 2. The Morgan fingerprint density at radius 1 is 1.06 bits per heavy atom. The van der Waals surface area contributed by atoms with E-state index in [4.69, 9.17) is 4.42 Å². The van der Waals surface area contributed by atoms with Crippen molar-refractivity contribution in [1.82, 2.24) is 19.6 Å². The van der Waals surface area contributed by atoms with E-state index in [2.05, 4.69) is 10.3 Å². The van der Waals surface area contributed by atoms with Crippen molar-refractivity contribution in [2.24, 2.45) is 0 Å². The number of nitrogens with one attached hydrogen (secondary N) is 1. The van der Waals surface area contributed by atoms with Gasteiger partial charge in [0, 0.05) is 47.7 Å². The van der Waals surface area contributed by atoms with Gasteiger partial charge in [-0.25, -0.2) is 4.98 Å². The summed E-state index contributed by atoms with van der Waals surface area (Å²) in [6, 6.07) is 15.4. The molecule has 1 aromatic carbocycles. The van der Waals surface area contributed by atoms with E-state index >= 15 is 0 Å². The highest BCUT2D eigenvalue weighted by Crippen LogP contribution is 2.23. The molecule has 1 fully saturated rings. The third kappa shape index (κ3) is 4.96. The summed E-state index contributed by atoms with van der Waals surface area (Å²) < 4.78 is 7.01. The number of rotatable bonds is 6. The number of pyridine rings is 1. The number of hydrogen-bond acceptors (Lipinski definition) is 5. The van der Waals surface area contributed by atoms with E-state index in [-0.39, 0.29) is 17.9 Å². The van der Waals surface area contributed by atoms with Crippen molar-refractivity contribution >= 4 is 29.2 Å². The number of benzene rings is 1. The highest BCUT2D eigenvalue weighted by atomic mass is 32.2. The van der Waals surface area contributed by atoms with Gasteiger partial charge in [0.15, 0.2) is 0 Å². The fourth-order valence-electron chi connectivity index (χ4n) is 3.98. The van der Waals surface area contributed by atoms with E-state index in [0.29, 0.717) is 24.2 Å². The van der Waals surface area contributed by atoms with E-state index in [1.54, 1.807) is 17.8 Å². The van der Waals surface area contributed by atoms with Crippen molar-refractivity contribution in [2.45, 2.75) is 29.5 Å². The summed E-state index contributed by atoms with van der Waals surface area (Å²) in [4.78, 5) is 32.6. The van der Waals surface area contributed by atoms with Crippen LogP contribution in [0.2, 0.25) is 0 Å². The first-order chi connectivity index (χ1) is 16.2. The molecule has 4 heterocycles. The lowest BCUT2D eigenvalue weighted by Crippen LogP contribution is -2.46. The van der Waals surface area contributed by atoms with Crippen LogP contribution in [0.3, 0.4) is 0 Å². The molecule has 0 atom stereocenters. The summed E-state index contributed by atoms with van der Waals surface area (Å²) in [7, 11) is 0. The maximum Gasteiger partial charge on any atom is 0.257 e. The average Bonchev–Trinajstić information content (AvgIpc) is 3.53. The van der Waals surface area contributed by atoms with E-state index < -0.39 is 0 Å². The zero-order chi connectivity index (χ0) is 22.6. The van der Waals surface area contributed by atoms with Gasteiger partial charge >= 0.3 is 0 Å². The Morgan fingerprint density at radius 2 is 1.88 bits per heavy atom. The Kier molecular flexibility index (Phi) is 6.17. The van der Waals surface area contributed by atoms with Gasteiger partial charge < -0.3 is 19.0 Å². The lowest BCUT2D eigenvalue weighted by molar-refractivity contribution is 0.0697. The van der Waals surface area contributed by atoms with E-state index in [0.717, 1.165) is 34.8 Å². The van der Waals surface area contributed by atoms with Crippen LogP contribution in [0.1, 0.15) is 39.3 Å². The van der Waals surface area contributed by atoms with Gasteiger partial charge in [-0.15, -0.1) is 11.8 Å². The summed E-state index contributed by atoms with van der Waals surface area (Å²) in [6.45, 7) is 1.24. The average molecular weight is 461 g/mol. The number of aromatic nitrogens is 2. The number of furan rings is 1. The van der Waals surface area contributed by atoms with Gasteiger partial charge in [0.2, 0.25) is 0 Å². The van der Waals surface area contributed by atoms with E-state index in [1.807, 2.05) is 64.2 Å². The minimum atomic E-state index is -0.0773. The molecule has 168 valence electrons. The molecule has 0 saturated carbocycles. The second kappa shape index (κ2) is 9.54. The number of thioether (sulfide) groups is 1. The number of hydrogen-bond donors (Lipinski definition) is 1. The SMILES string of the molecule is O=C(NC1CCN(C(=O)c2ccoc2)CC1)c1ccc(SCc2cn3ccccc3n2)cc1. The molecule has 3 aromatic heterocycles. The molecule has 0 aliphatic carbocycles. The molecule has 0 unspecified atom stereocenters. The second-order valence-electron chi connectivity index (χ2n) is 8.06. The predicted octanol–water partition coefficient (Wildman–Crippen LogP) is 4.25. The van der Waals surface area contributed by atoms with Crippen molar-refractivity contribution in [3.63, 3.8) is 0 Å². The van der Waals surface area contributed by atoms with Crippen LogP contribution >= 0.6 is 11.8 Å². The van der Waals surface area contributed by atoms with Crippen molar-refractivity contribution in [3.8, 4) is 0 Å². The molecule has 5 rings (SSSR count). The first kappa shape index (κ1) is 21.3. The molecule has 1 aliphatic rings. The molecular formula is C25H24N4O3S. The molecule has 1 saturated heterocycles. The zero-order valence-corrected chi connectivity index (χ0v) is 18.8. The molecule has 2 amide bonds. The first-order valence-electron chi connectivity index (χ1n) is 10.9. The van der Waals surface area contributed by atoms with Crippen LogP contribution in [-0.2, 0) is 5.75 Å². The first-order valence-corrected chi connectivity index (χ1v) is 11.9. The molecule has 1 aliphatic heterocycles. The number of imidazole rings is 1. The molecular weight excluding hydrogens is 436 g/mol. The molecule has 0 bridgehead atoms. The Bertz CT molecular complexity index is 1210. The summed E-state index contributed by atoms with van der Waals surface area (Å²) in [6.07, 6.45) is 8.48. The summed E-state index contributed by atoms with van der Waals surface area (Å²) in [5.41, 5.74) is 3.17. The van der Waals surface area contributed by atoms with Crippen molar-refractivity contribution in [3.05, 3.63) is 90.3 Å². The monoisotopic (exact) mass is 460 g/mol. The van der Waals surface area contributed by atoms with E-state index in [9.17, 15) is 9.59 Å². The topological polar surface area (TPSA) is 79.9 Å². The smallest absolute Gasteiger partial charge is 0.257 e. The molecule has 7 nitrogen and oxygen atoms in total. The lowest BCUT2D eigenvalue weighted by atomic mass is 10.0. The van der Waals surface area contributed by atoms with Crippen LogP contribution in [0, 0.1) is 0 Å². The third-order valence-corrected chi connectivity index (χ3v) is 6.85. The fourth-order valence-corrected chi connectivity index (χ4v) is 4.76. The maximum absolute atomic E-state index is 12.7. The van der Waals surface area contributed by atoms with Crippen LogP contribution in [0.15, 0.2) is 82.8 Å². The highest BCUT2D eigenvalue weighted by Gasteiger charge is 2.25. The predicted molar refractivity (Wildman–Crippen MR) is 126 cm³/mol. The number of carbonyl (C=O) groups excluding carboxylic acids is 2. The summed E-state index contributed by atoms with van der Waals surface area (Å²) >= 11 is 1.69. The Balaban J connectivity index is 1.10.